The largest absolute Gasteiger partial charge is 0.502 e. The number of rotatable bonds is 9. The minimum atomic E-state index is -0.291. The topological polar surface area (TPSA) is 98.0 Å². The predicted octanol–water partition coefficient (Wildman–Crippen LogP) is 4.70. The lowest BCUT2D eigenvalue weighted by Crippen LogP contribution is -2.20. The second kappa shape index (κ2) is 11.2. The number of hydrogen-bond acceptors (Lipinski definition) is 7. The van der Waals surface area contributed by atoms with Crippen LogP contribution >= 0.6 is 23.4 Å². The third-order valence-corrected chi connectivity index (χ3v) is 6.49. The quantitative estimate of drug-likeness (QED) is 0.192. The van der Waals surface area contributed by atoms with Crippen LogP contribution in [-0.2, 0) is 11.3 Å². The third kappa shape index (κ3) is 5.70. The van der Waals surface area contributed by atoms with Crippen molar-refractivity contribution in [2.75, 3.05) is 20.0 Å². The Kier molecular flexibility index (Phi) is 7.79. The molecule has 4 rings (SSSR count). The molecule has 4 aromatic rings. The van der Waals surface area contributed by atoms with Crippen LogP contribution < -0.4 is 14.9 Å². The molecule has 8 nitrogen and oxygen atoms in total. The van der Waals surface area contributed by atoms with Crippen LogP contribution in [0, 0.1) is 0 Å². The average Bonchev–Trinajstić information content (AvgIpc) is 3.22. The highest BCUT2D eigenvalue weighted by molar-refractivity contribution is 7.99. The van der Waals surface area contributed by atoms with Crippen molar-refractivity contribution in [3.8, 4) is 17.2 Å². The predicted molar refractivity (Wildman–Crippen MR) is 138 cm³/mol. The normalized spacial score (nSPS) is 11.2. The number of amides is 1. The van der Waals surface area contributed by atoms with Crippen LogP contribution in [0.3, 0.4) is 0 Å². The highest BCUT2D eigenvalue weighted by Gasteiger charge is 2.14. The zero-order valence-electron chi connectivity index (χ0n) is 19.1. The number of nitrogens with zero attached hydrogens (tertiary/aromatic N) is 3. The van der Waals surface area contributed by atoms with Gasteiger partial charge in [0.1, 0.15) is 0 Å². The van der Waals surface area contributed by atoms with Gasteiger partial charge in [-0.1, -0.05) is 53.7 Å². The van der Waals surface area contributed by atoms with Crippen LogP contribution in [0.1, 0.15) is 11.1 Å². The first kappa shape index (κ1) is 24.4. The number of halogens is 1. The van der Waals surface area contributed by atoms with Crippen molar-refractivity contribution in [2.24, 2.45) is 5.10 Å². The monoisotopic (exact) mass is 510 g/mol. The number of para-hydroxylation sites is 2. The van der Waals surface area contributed by atoms with Gasteiger partial charge >= 0.3 is 0 Å². The van der Waals surface area contributed by atoms with Crippen molar-refractivity contribution in [3.05, 3.63) is 76.8 Å². The summed E-state index contributed by atoms with van der Waals surface area (Å²) in [7, 11) is 2.88. The lowest BCUT2D eigenvalue weighted by molar-refractivity contribution is -0.118. The highest BCUT2D eigenvalue weighted by atomic mass is 35.5. The number of ether oxygens (including phenoxy) is 2. The average molecular weight is 511 g/mol. The minimum absolute atomic E-state index is 0.104. The van der Waals surface area contributed by atoms with E-state index in [1.165, 1.54) is 32.2 Å². The van der Waals surface area contributed by atoms with Gasteiger partial charge in [0.15, 0.2) is 16.7 Å². The fourth-order valence-electron chi connectivity index (χ4n) is 3.44. The molecule has 0 aliphatic carbocycles. The summed E-state index contributed by atoms with van der Waals surface area (Å²) in [5, 5.41) is 15.4. The van der Waals surface area contributed by atoms with E-state index < -0.39 is 0 Å². The number of hydrazone groups is 1. The molecular formula is C25H23ClN4O4S. The van der Waals surface area contributed by atoms with Crippen molar-refractivity contribution in [1.82, 2.24) is 15.0 Å². The van der Waals surface area contributed by atoms with E-state index in [9.17, 15) is 9.90 Å². The lowest BCUT2D eigenvalue weighted by Gasteiger charge is -2.10. The number of fused-ring (bicyclic) bond motifs is 1. The summed E-state index contributed by atoms with van der Waals surface area (Å²) < 4.78 is 12.3. The molecule has 0 aliphatic rings. The van der Waals surface area contributed by atoms with Gasteiger partial charge in [0.05, 0.1) is 43.8 Å². The summed E-state index contributed by atoms with van der Waals surface area (Å²) in [4.78, 5) is 17.2. The first-order valence-corrected chi connectivity index (χ1v) is 11.9. The number of thioether (sulfide) groups is 1. The number of phenols is 1. The Labute approximate surface area is 211 Å². The van der Waals surface area contributed by atoms with Crippen LogP contribution in [0.2, 0.25) is 5.02 Å². The molecule has 1 heterocycles. The van der Waals surface area contributed by atoms with Gasteiger partial charge in [-0.2, -0.15) is 5.10 Å². The molecular weight excluding hydrogens is 488 g/mol. The lowest BCUT2D eigenvalue weighted by atomic mass is 10.2. The van der Waals surface area contributed by atoms with Crippen LogP contribution in [0.5, 0.6) is 17.2 Å². The number of hydrogen-bond donors (Lipinski definition) is 2. The fourth-order valence-corrected chi connectivity index (χ4v) is 4.44. The molecule has 1 aromatic heterocycles. The van der Waals surface area contributed by atoms with Gasteiger partial charge in [0.25, 0.3) is 5.91 Å². The van der Waals surface area contributed by atoms with Crippen LogP contribution in [0.15, 0.2) is 70.9 Å². The molecule has 35 heavy (non-hydrogen) atoms. The summed E-state index contributed by atoms with van der Waals surface area (Å²) in [6.07, 6.45) is 1.44. The summed E-state index contributed by atoms with van der Waals surface area (Å²) in [5.74, 6) is 0.202. The summed E-state index contributed by atoms with van der Waals surface area (Å²) >= 11 is 7.69. The maximum atomic E-state index is 12.5. The first-order chi connectivity index (χ1) is 17.0. The van der Waals surface area contributed by atoms with Gasteiger partial charge in [-0.25, -0.2) is 10.4 Å². The van der Waals surface area contributed by atoms with Crippen molar-refractivity contribution in [3.63, 3.8) is 0 Å². The van der Waals surface area contributed by atoms with Gasteiger partial charge < -0.3 is 19.1 Å². The maximum Gasteiger partial charge on any atom is 0.250 e. The van der Waals surface area contributed by atoms with E-state index in [2.05, 4.69) is 10.5 Å². The van der Waals surface area contributed by atoms with Gasteiger partial charge in [-0.15, -0.1) is 0 Å². The molecule has 0 aliphatic heterocycles. The van der Waals surface area contributed by atoms with Crippen molar-refractivity contribution >= 4 is 46.5 Å². The summed E-state index contributed by atoms with van der Waals surface area (Å²) in [6.45, 7) is 0.535. The smallest absolute Gasteiger partial charge is 0.250 e. The van der Waals surface area contributed by atoms with Crippen LogP contribution in [0.4, 0.5) is 0 Å². The number of methoxy groups -OCH3 is 2. The van der Waals surface area contributed by atoms with Crippen molar-refractivity contribution < 1.29 is 19.4 Å². The number of imidazole rings is 1. The SMILES string of the molecule is COc1cc(/C=N\NC(=O)CSc2nc3ccccc3n2Cc2ccccc2Cl)cc(OC)c1O. The number of nitrogens with one attached hydrogen (secondary N) is 1. The zero-order chi connectivity index (χ0) is 24.8. The Bertz CT molecular complexity index is 1360. The van der Waals surface area contributed by atoms with E-state index in [0.717, 1.165) is 16.6 Å². The fraction of sp³-hybridized carbons (Fsp3) is 0.160. The molecule has 10 heteroatoms. The summed E-state index contributed by atoms with van der Waals surface area (Å²) in [5.41, 5.74) is 5.87. The molecule has 0 saturated carbocycles. The standard InChI is InChI=1S/C25H23ClN4O4S/c1-33-21-11-16(12-22(34-2)24(21)32)13-27-29-23(31)15-35-25-28-19-9-5-6-10-20(19)30(25)14-17-7-3-4-8-18(17)26/h3-13,32H,14-15H2,1-2H3,(H,29,31)/b27-13-. The summed E-state index contributed by atoms with van der Waals surface area (Å²) in [6, 6.07) is 18.6. The first-order valence-electron chi connectivity index (χ1n) is 10.6. The van der Waals surface area contributed by atoms with Gasteiger partial charge in [0, 0.05) is 10.6 Å². The van der Waals surface area contributed by atoms with E-state index >= 15 is 0 Å². The number of phenolic OH excluding ortho intramolecular Hbond substituents is 1. The molecule has 0 bridgehead atoms. The molecule has 0 unspecified atom stereocenters. The van der Waals surface area contributed by atoms with Crippen LogP contribution in [0.25, 0.3) is 11.0 Å². The Morgan fingerprint density at radius 1 is 1.14 bits per heavy atom. The molecule has 3 aromatic carbocycles. The number of aromatic hydroxyl groups is 1. The van der Waals surface area contributed by atoms with Gasteiger partial charge in [0.2, 0.25) is 5.75 Å². The van der Waals surface area contributed by atoms with E-state index in [1.54, 1.807) is 12.1 Å². The highest BCUT2D eigenvalue weighted by Crippen LogP contribution is 2.36. The maximum absolute atomic E-state index is 12.5. The van der Waals surface area contributed by atoms with E-state index in [4.69, 9.17) is 26.1 Å². The van der Waals surface area contributed by atoms with Crippen molar-refractivity contribution in [1.29, 1.82) is 0 Å². The third-order valence-electron chi connectivity index (χ3n) is 5.14. The zero-order valence-corrected chi connectivity index (χ0v) is 20.6. The van der Waals surface area contributed by atoms with Gasteiger partial charge in [-0.05, 0) is 35.9 Å². The molecule has 2 N–H and O–H groups in total. The van der Waals surface area contributed by atoms with Gasteiger partial charge in [-0.3, -0.25) is 4.79 Å². The molecule has 180 valence electrons. The molecule has 0 saturated heterocycles. The molecule has 0 spiro atoms. The van der Waals surface area contributed by atoms with Crippen LogP contribution in [-0.4, -0.2) is 46.8 Å². The Morgan fingerprint density at radius 3 is 2.54 bits per heavy atom. The molecule has 0 fully saturated rings. The molecule has 0 radical (unpaired) electrons. The number of aromatic nitrogens is 2. The Hall–Kier alpha value is -3.69. The second-order valence-electron chi connectivity index (χ2n) is 7.42. The number of carbonyl (C=O) groups excluding carboxylic acids is 1. The number of benzene rings is 3. The van der Waals surface area contributed by atoms with Crippen molar-refractivity contribution in [2.45, 2.75) is 11.7 Å². The van der Waals surface area contributed by atoms with E-state index in [-0.39, 0.29) is 28.9 Å². The second-order valence-corrected chi connectivity index (χ2v) is 8.77. The minimum Gasteiger partial charge on any atom is -0.502 e. The number of carbonyl (C=O) groups is 1. The van der Waals surface area contributed by atoms with E-state index in [0.29, 0.717) is 22.3 Å². The van der Waals surface area contributed by atoms with E-state index in [1.807, 2.05) is 53.1 Å². The Morgan fingerprint density at radius 2 is 1.83 bits per heavy atom. The molecule has 1 amide bonds. The molecule has 0 atom stereocenters. The Balaban J connectivity index is 1.45.